The van der Waals surface area contributed by atoms with Gasteiger partial charge in [-0.15, -0.1) is 11.8 Å². The molecule has 0 aliphatic carbocycles. The number of halogens is 3. The van der Waals surface area contributed by atoms with E-state index in [9.17, 15) is 9.59 Å². The summed E-state index contributed by atoms with van der Waals surface area (Å²) in [4.78, 5) is 26.2. The van der Waals surface area contributed by atoms with E-state index in [2.05, 4.69) is 0 Å². The van der Waals surface area contributed by atoms with Crippen LogP contribution in [0.2, 0.25) is 15.1 Å². The molecule has 1 heterocycles. The van der Waals surface area contributed by atoms with Gasteiger partial charge >= 0.3 is 5.97 Å². The van der Waals surface area contributed by atoms with E-state index in [-0.39, 0.29) is 18.9 Å². The zero-order valence-electron chi connectivity index (χ0n) is 12.7. The van der Waals surface area contributed by atoms with Crippen LogP contribution in [0.15, 0.2) is 41.3 Å². The molecule has 8 heteroatoms. The van der Waals surface area contributed by atoms with Gasteiger partial charge in [-0.25, -0.2) is 0 Å². The fourth-order valence-corrected chi connectivity index (χ4v) is 4.43. The summed E-state index contributed by atoms with van der Waals surface area (Å²) in [5.74, 6) is -1.30. The molecule has 0 saturated carbocycles. The summed E-state index contributed by atoms with van der Waals surface area (Å²) in [6.45, 7) is 0.250. The highest BCUT2D eigenvalue weighted by Crippen LogP contribution is 2.45. The zero-order valence-corrected chi connectivity index (χ0v) is 15.8. The number of carboxylic acids is 1. The Morgan fingerprint density at radius 1 is 1.12 bits per heavy atom. The van der Waals surface area contributed by atoms with E-state index in [0.717, 1.165) is 5.56 Å². The monoisotopic (exact) mass is 415 g/mol. The normalized spacial score (nSPS) is 16.7. The van der Waals surface area contributed by atoms with Crippen LogP contribution in [0.5, 0.6) is 0 Å². The Bertz CT molecular complexity index is 859. The number of carbonyl (C=O) groups excluding carboxylic acids is 1. The molecule has 0 saturated heterocycles. The van der Waals surface area contributed by atoms with Gasteiger partial charge < -0.3 is 10.0 Å². The van der Waals surface area contributed by atoms with Crippen LogP contribution in [-0.4, -0.2) is 22.2 Å². The summed E-state index contributed by atoms with van der Waals surface area (Å²) in [7, 11) is 0. The number of benzene rings is 2. The number of hydrogen-bond donors (Lipinski definition) is 1. The minimum atomic E-state index is -1.03. The summed E-state index contributed by atoms with van der Waals surface area (Å²) in [5.41, 5.74) is 1.45. The number of nitrogens with zero attached hydrogens (tertiary/aromatic N) is 1. The van der Waals surface area contributed by atoms with Crippen LogP contribution in [0.25, 0.3) is 0 Å². The number of hydrogen-bond acceptors (Lipinski definition) is 3. The van der Waals surface area contributed by atoms with Gasteiger partial charge in [0.1, 0.15) is 0 Å². The first kappa shape index (κ1) is 18.4. The van der Waals surface area contributed by atoms with E-state index in [0.29, 0.717) is 25.7 Å². The van der Waals surface area contributed by atoms with Gasteiger partial charge in [-0.3, -0.25) is 9.59 Å². The number of carboxylic acid groups (broad SMARTS) is 1. The molecule has 1 amide bonds. The van der Waals surface area contributed by atoms with Crippen LogP contribution in [0.4, 0.5) is 5.69 Å². The molecule has 3 rings (SSSR count). The largest absolute Gasteiger partial charge is 0.481 e. The average Bonchev–Trinajstić information content (AvgIpc) is 2.55. The van der Waals surface area contributed by atoms with Gasteiger partial charge in [0.05, 0.1) is 43.9 Å². The molecule has 2 aromatic carbocycles. The lowest BCUT2D eigenvalue weighted by Gasteiger charge is -2.33. The van der Waals surface area contributed by atoms with E-state index in [1.54, 1.807) is 41.3 Å². The minimum absolute atomic E-state index is 0.250. The fourth-order valence-electron chi connectivity index (χ4n) is 2.58. The van der Waals surface area contributed by atoms with Crippen molar-refractivity contribution in [3.8, 4) is 0 Å². The van der Waals surface area contributed by atoms with Crippen LogP contribution < -0.4 is 4.90 Å². The maximum Gasteiger partial charge on any atom is 0.305 e. The standard InChI is InChI=1S/C17H12Cl3NO3S/c18-10-5-4-9(6-12(10)20)8-21-13-3-1-2-11(19)16(13)25-14(17(21)24)7-15(22)23/h1-6,14H,7-8H2,(H,22,23). The third-order valence-corrected chi connectivity index (χ3v) is 6.21. The topological polar surface area (TPSA) is 57.6 Å². The molecule has 0 aromatic heterocycles. The smallest absolute Gasteiger partial charge is 0.305 e. The van der Waals surface area contributed by atoms with Gasteiger partial charge in [-0.05, 0) is 29.8 Å². The number of rotatable bonds is 4. The number of anilines is 1. The molecule has 0 bridgehead atoms. The highest BCUT2D eigenvalue weighted by Gasteiger charge is 2.36. The first-order valence-electron chi connectivity index (χ1n) is 7.29. The Balaban J connectivity index is 2.00. The molecule has 1 unspecified atom stereocenters. The van der Waals surface area contributed by atoms with Gasteiger partial charge in [0, 0.05) is 0 Å². The van der Waals surface area contributed by atoms with Crippen molar-refractivity contribution in [3.63, 3.8) is 0 Å². The molecule has 130 valence electrons. The fraction of sp³-hybridized carbons (Fsp3) is 0.176. The number of amides is 1. The lowest BCUT2D eigenvalue weighted by molar-refractivity contribution is -0.138. The zero-order chi connectivity index (χ0) is 18.1. The van der Waals surface area contributed by atoms with Gasteiger partial charge in [0.2, 0.25) is 5.91 Å². The molecule has 1 atom stereocenters. The molecule has 1 N–H and O–H groups in total. The van der Waals surface area contributed by atoms with Gasteiger partial charge in [-0.1, -0.05) is 46.9 Å². The maximum atomic E-state index is 12.8. The van der Waals surface area contributed by atoms with Crippen molar-refractivity contribution in [2.45, 2.75) is 23.1 Å². The number of fused-ring (bicyclic) bond motifs is 1. The van der Waals surface area contributed by atoms with Crippen molar-refractivity contribution >= 4 is 64.1 Å². The van der Waals surface area contributed by atoms with Crippen molar-refractivity contribution in [3.05, 3.63) is 57.0 Å². The predicted molar refractivity (Wildman–Crippen MR) is 101 cm³/mol. The van der Waals surface area contributed by atoms with Crippen molar-refractivity contribution in [1.82, 2.24) is 0 Å². The van der Waals surface area contributed by atoms with Crippen molar-refractivity contribution < 1.29 is 14.7 Å². The minimum Gasteiger partial charge on any atom is -0.481 e. The van der Waals surface area contributed by atoms with E-state index >= 15 is 0 Å². The van der Waals surface area contributed by atoms with E-state index in [1.165, 1.54) is 11.8 Å². The summed E-state index contributed by atoms with van der Waals surface area (Å²) in [6, 6.07) is 10.4. The SMILES string of the molecule is O=C(O)CC1Sc2c(Cl)cccc2N(Cc2ccc(Cl)c(Cl)c2)C1=O. The lowest BCUT2D eigenvalue weighted by atomic mass is 10.1. The molecular weight excluding hydrogens is 405 g/mol. The third-order valence-electron chi connectivity index (χ3n) is 3.72. The number of aliphatic carboxylic acids is 1. The van der Waals surface area contributed by atoms with E-state index < -0.39 is 11.2 Å². The van der Waals surface area contributed by atoms with Crippen LogP contribution >= 0.6 is 46.6 Å². The number of carbonyl (C=O) groups is 2. The summed E-state index contributed by atoms with van der Waals surface area (Å²) < 4.78 is 0. The first-order valence-corrected chi connectivity index (χ1v) is 9.30. The molecule has 2 aromatic rings. The van der Waals surface area contributed by atoms with E-state index in [1.807, 2.05) is 0 Å². The Labute approximate surface area is 163 Å². The second kappa shape index (κ2) is 7.46. The summed E-state index contributed by atoms with van der Waals surface area (Å²) >= 11 is 19.4. The first-order chi connectivity index (χ1) is 11.9. The van der Waals surface area contributed by atoms with Gasteiger partial charge in [0.25, 0.3) is 0 Å². The van der Waals surface area contributed by atoms with Gasteiger partial charge in [-0.2, -0.15) is 0 Å². The van der Waals surface area contributed by atoms with Crippen LogP contribution in [0.1, 0.15) is 12.0 Å². The van der Waals surface area contributed by atoms with Crippen molar-refractivity contribution in [1.29, 1.82) is 0 Å². The lowest BCUT2D eigenvalue weighted by Crippen LogP contribution is -2.41. The molecule has 0 fully saturated rings. The molecule has 0 spiro atoms. The molecule has 1 aliphatic rings. The molecule has 4 nitrogen and oxygen atoms in total. The number of thioether (sulfide) groups is 1. The second-order valence-electron chi connectivity index (χ2n) is 5.47. The Kier molecular flexibility index (Phi) is 5.49. The maximum absolute atomic E-state index is 12.8. The van der Waals surface area contributed by atoms with Crippen molar-refractivity contribution in [2.24, 2.45) is 0 Å². The van der Waals surface area contributed by atoms with E-state index in [4.69, 9.17) is 39.9 Å². The average molecular weight is 417 g/mol. The summed E-state index contributed by atoms with van der Waals surface area (Å²) in [5, 5.41) is 9.68. The quantitative estimate of drug-likeness (QED) is 0.751. The Hall–Kier alpha value is -1.40. The molecule has 1 aliphatic heterocycles. The predicted octanol–water partition coefficient (Wildman–Crippen LogP) is 5.13. The van der Waals surface area contributed by atoms with Crippen LogP contribution in [0.3, 0.4) is 0 Å². The second-order valence-corrected chi connectivity index (χ2v) is 7.90. The third kappa shape index (κ3) is 3.90. The summed E-state index contributed by atoms with van der Waals surface area (Å²) in [6.07, 6.45) is -0.272. The molecule has 0 radical (unpaired) electrons. The Morgan fingerprint density at radius 2 is 1.88 bits per heavy atom. The van der Waals surface area contributed by atoms with Crippen LogP contribution in [-0.2, 0) is 16.1 Å². The van der Waals surface area contributed by atoms with Crippen molar-refractivity contribution in [2.75, 3.05) is 4.90 Å². The van der Waals surface area contributed by atoms with Gasteiger partial charge in [0.15, 0.2) is 0 Å². The molecule has 25 heavy (non-hydrogen) atoms. The molecular formula is C17H12Cl3NO3S. The highest BCUT2D eigenvalue weighted by molar-refractivity contribution is 8.01. The highest BCUT2D eigenvalue weighted by atomic mass is 35.5. The van der Waals surface area contributed by atoms with Crippen LogP contribution in [0, 0.1) is 0 Å². The Morgan fingerprint density at radius 3 is 2.56 bits per heavy atom.